The Kier molecular flexibility index (Phi) is 7.53. The Morgan fingerprint density at radius 2 is 1.70 bits per heavy atom. The molecule has 158 valence electrons. The predicted octanol–water partition coefficient (Wildman–Crippen LogP) is 4.86. The van der Waals surface area contributed by atoms with Gasteiger partial charge in [-0.1, -0.05) is 73.7 Å². The summed E-state index contributed by atoms with van der Waals surface area (Å²) in [4.78, 5) is 10.7. The van der Waals surface area contributed by atoms with Gasteiger partial charge >= 0.3 is 0 Å². The zero-order valence-corrected chi connectivity index (χ0v) is 18.1. The maximum atomic E-state index is 11.6. The lowest BCUT2D eigenvalue weighted by molar-refractivity contribution is -0.122. The molecule has 1 heterocycles. The molecule has 0 aliphatic carbocycles. The Hall–Kier alpha value is -2.34. The SMILES string of the molecule is CCN1CCCC(O)(c2ccccc2C(S)c2cccc3ccccc23)C1.O=CO. The van der Waals surface area contributed by atoms with Crippen molar-refractivity contribution in [2.75, 3.05) is 19.6 Å². The summed E-state index contributed by atoms with van der Waals surface area (Å²) in [6, 6.07) is 23.1. The van der Waals surface area contributed by atoms with Crippen LogP contribution >= 0.6 is 12.6 Å². The minimum absolute atomic E-state index is 0.0756. The van der Waals surface area contributed by atoms with Gasteiger partial charge in [0.1, 0.15) is 5.60 Å². The zero-order chi connectivity index (χ0) is 21.6. The van der Waals surface area contributed by atoms with Gasteiger partial charge in [0.15, 0.2) is 0 Å². The number of thiol groups is 1. The topological polar surface area (TPSA) is 60.8 Å². The molecule has 1 aliphatic rings. The molecule has 0 bridgehead atoms. The predicted molar refractivity (Wildman–Crippen MR) is 125 cm³/mol. The summed E-state index contributed by atoms with van der Waals surface area (Å²) in [5.41, 5.74) is 2.51. The van der Waals surface area contributed by atoms with E-state index in [1.54, 1.807) is 0 Å². The summed E-state index contributed by atoms with van der Waals surface area (Å²) in [6.45, 7) is 4.64. The molecule has 2 N–H and O–H groups in total. The van der Waals surface area contributed by atoms with Gasteiger partial charge in [-0.15, -0.1) is 0 Å². The Balaban J connectivity index is 0.000000806. The van der Waals surface area contributed by atoms with Crippen molar-refractivity contribution >= 4 is 29.9 Å². The van der Waals surface area contributed by atoms with Gasteiger partial charge in [-0.2, -0.15) is 12.6 Å². The molecule has 30 heavy (non-hydrogen) atoms. The van der Waals surface area contributed by atoms with Gasteiger partial charge in [0.05, 0.1) is 5.25 Å². The minimum Gasteiger partial charge on any atom is -0.483 e. The monoisotopic (exact) mass is 423 g/mol. The molecule has 0 radical (unpaired) electrons. The van der Waals surface area contributed by atoms with Gasteiger partial charge in [0.2, 0.25) is 0 Å². The van der Waals surface area contributed by atoms with Crippen LogP contribution in [0, 0.1) is 0 Å². The fraction of sp³-hybridized carbons (Fsp3) is 0.320. The van der Waals surface area contributed by atoms with Crippen molar-refractivity contribution in [3.05, 3.63) is 83.4 Å². The molecule has 3 aromatic carbocycles. The number of benzene rings is 3. The van der Waals surface area contributed by atoms with Crippen molar-refractivity contribution in [3.63, 3.8) is 0 Å². The molecule has 2 unspecified atom stereocenters. The molecule has 1 aliphatic heterocycles. The standard InChI is InChI=1S/C24H27NOS.CH2O2/c1-2-25-16-8-15-24(26,17-25)22-14-6-5-12-21(22)23(27)20-13-7-10-18-9-3-4-11-19(18)20;2-1-3/h3-7,9-14,23,26-27H,2,8,15-17H2,1H3;1H,(H,2,3). The molecule has 1 fully saturated rings. The fourth-order valence-electron chi connectivity index (χ4n) is 4.43. The van der Waals surface area contributed by atoms with E-state index in [0.717, 1.165) is 37.1 Å². The van der Waals surface area contributed by atoms with Crippen LogP contribution in [0.3, 0.4) is 0 Å². The average Bonchev–Trinajstić information content (AvgIpc) is 2.79. The second-order valence-corrected chi connectivity index (χ2v) is 8.18. The quantitative estimate of drug-likeness (QED) is 0.414. The molecule has 0 amide bonds. The van der Waals surface area contributed by atoms with E-state index in [2.05, 4.69) is 72.5 Å². The number of β-amino-alcohol motifs (C(OH)–C–C–N with tert-alkyl or cyclic N) is 1. The van der Waals surface area contributed by atoms with Gasteiger partial charge in [-0.3, -0.25) is 4.79 Å². The first-order chi connectivity index (χ1) is 14.5. The van der Waals surface area contributed by atoms with Crippen LogP contribution in [-0.4, -0.2) is 41.2 Å². The molecule has 4 rings (SSSR count). The summed E-state index contributed by atoms with van der Waals surface area (Å²) >= 11 is 5.03. The van der Waals surface area contributed by atoms with Gasteiger partial charge in [-0.25, -0.2) is 0 Å². The van der Waals surface area contributed by atoms with Crippen molar-refractivity contribution in [1.82, 2.24) is 4.90 Å². The molecule has 0 saturated carbocycles. The third-order valence-electron chi connectivity index (χ3n) is 5.87. The van der Waals surface area contributed by atoms with Crippen molar-refractivity contribution in [3.8, 4) is 0 Å². The first kappa shape index (κ1) is 22.3. The first-order valence-electron chi connectivity index (χ1n) is 10.3. The summed E-state index contributed by atoms with van der Waals surface area (Å²) in [6.07, 6.45) is 1.82. The highest BCUT2D eigenvalue weighted by molar-refractivity contribution is 7.80. The largest absolute Gasteiger partial charge is 0.483 e. The molecular weight excluding hydrogens is 394 g/mol. The van der Waals surface area contributed by atoms with Crippen LogP contribution in [0.1, 0.15) is 41.7 Å². The molecular formula is C25H29NO3S. The average molecular weight is 424 g/mol. The van der Waals surface area contributed by atoms with Crippen molar-refractivity contribution in [1.29, 1.82) is 0 Å². The number of rotatable bonds is 4. The highest BCUT2D eigenvalue weighted by Gasteiger charge is 2.37. The van der Waals surface area contributed by atoms with Crippen LogP contribution in [0.25, 0.3) is 10.8 Å². The van der Waals surface area contributed by atoms with Crippen molar-refractivity contribution in [2.45, 2.75) is 30.6 Å². The van der Waals surface area contributed by atoms with Crippen LogP contribution in [-0.2, 0) is 10.4 Å². The molecule has 5 heteroatoms. The molecule has 2 atom stereocenters. The lowest BCUT2D eigenvalue weighted by Crippen LogP contribution is -2.46. The molecule has 0 spiro atoms. The Morgan fingerprint density at radius 3 is 2.47 bits per heavy atom. The number of aliphatic hydroxyl groups is 1. The number of carboxylic acid groups (broad SMARTS) is 1. The Bertz CT molecular complexity index is 988. The number of fused-ring (bicyclic) bond motifs is 1. The normalized spacial score (nSPS) is 20.2. The van der Waals surface area contributed by atoms with E-state index in [0.29, 0.717) is 6.54 Å². The van der Waals surface area contributed by atoms with Gasteiger partial charge in [-0.05, 0) is 53.4 Å². The van der Waals surface area contributed by atoms with Gasteiger partial charge in [0, 0.05) is 6.54 Å². The summed E-state index contributed by atoms with van der Waals surface area (Å²) in [5.74, 6) is 0. The lowest BCUT2D eigenvalue weighted by Gasteiger charge is -2.40. The van der Waals surface area contributed by atoms with E-state index in [1.807, 2.05) is 6.07 Å². The maximum absolute atomic E-state index is 11.6. The Morgan fingerprint density at radius 1 is 1.07 bits per heavy atom. The van der Waals surface area contributed by atoms with Gasteiger partial charge in [0.25, 0.3) is 6.47 Å². The third kappa shape index (κ3) is 4.69. The van der Waals surface area contributed by atoms with Crippen molar-refractivity contribution < 1.29 is 15.0 Å². The summed E-state index contributed by atoms with van der Waals surface area (Å²) < 4.78 is 0. The zero-order valence-electron chi connectivity index (χ0n) is 17.2. The lowest BCUT2D eigenvalue weighted by atomic mass is 9.81. The van der Waals surface area contributed by atoms with E-state index in [1.165, 1.54) is 16.3 Å². The molecule has 0 aromatic heterocycles. The number of hydrogen-bond acceptors (Lipinski definition) is 4. The second-order valence-electron chi connectivity index (χ2n) is 7.67. The van der Waals surface area contributed by atoms with E-state index in [9.17, 15) is 5.11 Å². The number of hydrogen-bond donors (Lipinski definition) is 3. The van der Waals surface area contributed by atoms with Crippen LogP contribution in [0.4, 0.5) is 0 Å². The highest BCUT2D eigenvalue weighted by Crippen LogP contribution is 2.41. The van der Waals surface area contributed by atoms with E-state index in [4.69, 9.17) is 22.5 Å². The third-order valence-corrected chi connectivity index (χ3v) is 6.43. The van der Waals surface area contributed by atoms with Crippen LogP contribution in [0.2, 0.25) is 0 Å². The number of nitrogens with zero attached hydrogens (tertiary/aromatic N) is 1. The Labute approximate surface area is 183 Å². The van der Waals surface area contributed by atoms with E-state index < -0.39 is 5.60 Å². The van der Waals surface area contributed by atoms with Crippen LogP contribution < -0.4 is 0 Å². The smallest absolute Gasteiger partial charge is 0.290 e. The summed E-state index contributed by atoms with van der Waals surface area (Å²) in [5, 5.41) is 20.8. The first-order valence-corrected chi connectivity index (χ1v) is 10.8. The van der Waals surface area contributed by atoms with E-state index in [-0.39, 0.29) is 11.7 Å². The second kappa shape index (κ2) is 10.1. The summed E-state index contributed by atoms with van der Waals surface area (Å²) in [7, 11) is 0. The number of carbonyl (C=O) groups is 1. The number of likely N-dealkylation sites (N-methyl/N-ethyl adjacent to an activating group) is 1. The highest BCUT2D eigenvalue weighted by atomic mass is 32.1. The van der Waals surface area contributed by atoms with Gasteiger partial charge < -0.3 is 15.1 Å². The molecule has 3 aromatic rings. The fourth-order valence-corrected chi connectivity index (χ4v) is 4.88. The molecule has 1 saturated heterocycles. The van der Waals surface area contributed by atoms with Crippen LogP contribution in [0.15, 0.2) is 66.7 Å². The van der Waals surface area contributed by atoms with Crippen molar-refractivity contribution in [2.24, 2.45) is 0 Å². The van der Waals surface area contributed by atoms with E-state index >= 15 is 0 Å². The minimum atomic E-state index is -0.809. The number of likely N-dealkylation sites (tertiary alicyclic amines) is 1. The van der Waals surface area contributed by atoms with Crippen LogP contribution in [0.5, 0.6) is 0 Å². The maximum Gasteiger partial charge on any atom is 0.290 e. The molecule has 4 nitrogen and oxygen atoms in total. The number of piperidine rings is 1.